The SMILES string of the molecule is CC1(C)OB(CCc2ccccc2)OC1(C)c1ccc(CN)cc1. The molecule has 3 nitrogen and oxygen atoms in total. The Morgan fingerprint density at radius 2 is 1.54 bits per heavy atom. The van der Waals surface area contributed by atoms with Gasteiger partial charge in [-0.3, -0.25) is 0 Å². The normalized spacial score (nSPS) is 22.8. The van der Waals surface area contributed by atoms with Crippen molar-refractivity contribution in [3.8, 4) is 0 Å². The van der Waals surface area contributed by atoms with Crippen molar-refractivity contribution in [1.29, 1.82) is 0 Å². The molecule has 0 amide bonds. The van der Waals surface area contributed by atoms with E-state index in [0.29, 0.717) is 6.54 Å². The van der Waals surface area contributed by atoms with Crippen LogP contribution in [0, 0.1) is 0 Å². The molecule has 126 valence electrons. The number of hydrogen-bond donors (Lipinski definition) is 1. The molecule has 0 aliphatic carbocycles. The predicted octanol–water partition coefficient (Wildman–Crippen LogP) is 3.92. The summed E-state index contributed by atoms with van der Waals surface area (Å²) >= 11 is 0. The van der Waals surface area contributed by atoms with E-state index in [9.17, 15) is 0 Å². The molecule has 3 rings (SSSR count). The molecular weight excluding hydrogens is 297 g/mol. The van der Waals surface area contributed by atoms with Gasteiger partial charge in [0, 0.05) is 6.54 Å². The fraction of sp³-hybridized carbons (Fsp3) is 0.400. The Kier molecular flexibility index (Phi) is 4.82. The zero-order chi connectivity index (χ0) is 17.2. The van der Waals surface area contributed by atoms with Crippen molar-refractivity contribution in [3.05, 3.63) is 71.3 Å². The second-order valence-electron chi connectivity index (χ2n) is 7.13. The zero-order valence-corrected chi connectivity index (χ0v) is 14.8. The Morgan fingerprint density at radius 3 is 2.17 bits per heavy atom. The monoisotopic (exact) mass is 323 g/mol. The van der Waals surface area contributed by atoms with Gasteiger partial charge in [-0.15, -0.1) is 0 Å². The summed E-state index contributed by atoms with van der Waals surface area (Å²) in [6, 6.07) is 18.8. The minimum Gasteiger partial charge on any atom is -0.403 e. The number of hydrogen-bond acceptors (Lipinski definition) is 3. The van der Waals surface area contributed by atoms with Crippen LogP contribution in [0.5, 0.6) is 0 Å². The second kappa shape index (κ2) is 6.71. The van der Waals surface area contributed by atoms with Gasteiger partial charge in [-0.2, -0.15) is 0 Å². The summed E-state index contributed by atoms with van der Waals surface area (Å²) in [4.78, 5) is 0. The minimum atomic E-state index is -0.471. The zero-order valence-electron chi connectivity index (χ0n) is 14.8. The summed E-state index contributed by atoms with van der Waals surface area (Å²) in [7, 11) is -0.195. The number of aryl methyl sites for hydroxylation is 1. The van der Waals surface area contributed by atoms with Crippen molar-refractivity contribution >= 4 is 7.12 Å². The van der Waals surface area contributed by atoms with E-state index < -0.39 is 11.2 Å². The molecule has 1 aliphatic heterocycles. The molecule has 1 heterocycles. The molecule has 2 aromatic rings. The van der Waals surface area contributed by atoms with Gasteiger partial charge in [-0.25, -0.2) is 0 Å². The maximum absolute atomic E-state index is 6.39. The topological polar surface area (TPSA) is 44.5 Å². The van der Waals surface area contributed by atoms with E-state index in [1.54, 1.807) is 0 Å². The van der Waals surface area contributed by atoms with E-state index >= 15 is 0 Å². The molecule has 1 fully saturated rings. The van der Waals surface area contributed by atoms with E-state index in [0.717, 1.165) is 23.9 Å². The van der Waals surface area contributed by atoms with Crippen LogP contribution in [-0.2, 0) is 27.9 Å². The molecule has 0 bridgehead atoms. The van der Waals surface area contributed by atoms with Crippen LogP contribution >= 0.6 is 0 Å². The van der Waals surface area contributed by atoms with Gasteiger partial charge in [-0.05, 0) is 50.2 Å². The molecule has 0 radical (unpaired) electrons. The first kappa shape index (κ1) is 17.2. The van der Waals surface area contributed by atoms with Gasteiger partial charge in [0.25, 0.3) is 0 Å². The average Bonchev–Trinajstić information content (AvgIpc) is 2.84. The molecule has 1 saturated heterocycles. The Bertz CT molecular complexity index is 672. The van der Waals surface area contributed by atoms with Crippen molar-refractivity contribution < 1.29 is 9.31 Å². The molecule has 24 heavy (non-hydrogen) atoms. The molecule has 1 aliphatic rings. The van der Waals surface area contributed by atoms with E-state index in [-0.39, 0.29) is 7.12 Å². The highest BCUT2D eigenvalue weighted by Gasteiger charge is 2.54. The van der Waals surface area contributed by atoms with Crippen LogP contribution in [-0.4, -0.2) is 12.7 Å². The second-order valence-corrected chi connectivity index (χ2v) is 7.13. The fourth-order valence-corrected chi connectivity index (χ4v) is 3.29. The summed E-state index contributed by atoms with van der Waals surface area (Å²) in [5, 5.41) is 0. The molecule has 1 atom stereocenters. The van der Waals surface area contributed by atoms with Crippen LogP contribution in [0.3, 0.4) is 0 Å². The van der Waals surface area contributed by atoms with E-state index in [2.05, 4.69) is 69.3 Å². The quantitative estimate of drug-likeness (QED) is 0.848. The van der Waals surface area contributed by atoms with Crippen LogP contribution in [0.2, 0.25) is 6.32 Å². The van der Waals surface area contributed by atoms with E-state index in [1.807, 2.05) is 6.07 Å². The van der Waals surface area contributed by atoms with Gasteiger partial charge in [0.15, 0.2) is 0 Å². The summed E-state index contributed by atoms with van der Waals surface area (Å²) < 4.78 is 12.6. The average molecular weight is 323 g/mol. The molecular formula is C20H26BNO2. The molecule has 0 spiro atoms. The first-order chi connectivity index (χ1) is 11.4. The molecule has 2 aromatic carbocycles. The van der Waals surface area contributed by atoms with Crippen LogP contribution in [0.4, 0.5) is 0 Å². The van der Waals surface area contributed by atoms with Crippen LogP contribution in [0.15, 0.2) is 54.6 Å². The van der Waals surface area contributed by atoms with Crippen molar-refractivity contribution in [3.63, 3.8) is 0 Å². The maximum atomic E-state index is 6.39. The van der Waals surface area contributed by atoms with E-state index in [4.69, 9.17) is 15.0 Å². The number of rotatable bonds is 5. The Morgan fingerprint density at radius 1 is 0.875 bits per heavy atom. The first-order valence-electron chi connectivity index (χ1n) is 8.64. The highest BCUT2D eigenvalue weighted by atomic mass is 16.7. The van der Waals surface area contributed by atoms with Crippen molar-refractivity contribution in [2.45, 2.75) is 51.3 Å². The lowest BCUT2D eigenvalue weighted by Crippen LogP contribution is -2.42. The standard InChI is InChI=1S/C20H26BNO2/c1-19(2)20(3,18-11-9-17(15-22)10-12-18)24-21(23-19)14-13-16-7-5-4-6-8-16/h4-12H,13-15,22H2,1-3H3. The summed E-state index contributed by atoms with van der Waals surface area (Å²) in [6.45, 7) is 6.88. The Balaban J connectivity index is 1.73. The Hall–Kier alpha value is -1.62. The first-order valence-corrected chi connectivity index (χ1v) is 8.64. The third kappa shape index (κ3) is 3.27. The van der Waals surface area contributed by atoms with Gasteiger partial charge in [0.2, 0.25) is 0 Å². The molecule has 0 saturated carbocycles. The van der Waals surface area contributed by atoms with Gasteiger partial charge < -0.3 is 15.0 Å². The van der Waals surface area contributed by atoms with Crippen LogP contribution in [0.25, 0.3) is 0 Å². The minimum absolute atomic E-state index is 0.195. The van der Waals surface area contributed by atoms with E-state index in [1.165, 1.54) is 5.56 Å². The van der Waals surface area contributed by atoms with Gasteiger partial charge in [0.05, 0.1) is 5.60 Å². The highest BCUT2D eigenvalue weighted by molar-refractivity contribution is 6.45. The Labute approximate surface area is 145 Å². The summed E-state index contributed by atoms with van der Waals surface area (Å²) in [5.41, 5.74) is 8.40. The van der Waals surface area contributed by atoms with Gasteiger partial charge in [-0.1, -0.05) is 54.6 Å². The highest BCUT2D eigenvalue weighted by Crippen LogP contribution is 2.45. The summed E-state index contributed by atoms with van der Waals surface area (Å²) in [6.07, 6.45) is 1.80. The lowest BCUT2D eigenvalue weighted by atomic mass is 9.80. The van der Waals surface area contributed by atoms with Crippen LogP contribution < -0.4 is 5.73 Å². The van der Waals surface area contributed by atoms with Crippen molar-refractivity contribution in [2.75, 3.05) is 0 Å². The molecule has 4 heteroatoms. The summed E-state index contributed by atoms with van der Waals surface area (Å²) in [5.74, 6) is 0. The third-order valence-electron chi connectivity index (χ3n) is 5.19. The smallest absolute Gasteiger partial charge is 0.403 e. The fourth-order valence-electron chi connectivity index (χ4n) is 3.29. The molecule has 0 aromatic heterocycles. The number of benzene rings is 2. The largest absolute Gasteiger partial charge is 0.458 e. The third-order valence-corrected chi connectivity index (χ3v) is 5.19. The lowest BCUT2D eigenvalue weighted by molar-refractivity contribution is -0.0133. The number of nitrogens with two attached hydrogens (primary N) is 1. The van der Waals surface area contributed by atoms with Crippen molar-refractivity contribution in [1.82, 2.24) is 0 Å². The maximum Gasteiger partial charge on any atom is 0.458 e. The van der Waals surface area contributed by atoms with Crippen LogP contribution in [0.1, 0.15) is 37.5 Å². The van der Waals surface area contributed by atoms with Gasteiger partial charge in [0.1, 0.15) is 5.60 Å². The molecule has 1 unspecified atom stereocenters. The predicted molar refractivity (Wildman–Crippen MR) is 98.6 cm³/mol. The van der Waals surface area contributed by atoms with Gasteiger partial charge >= 0.3 is 7.12 Å². The lowest BCUT2D eigenvalue weighted by Gasteiger charge is -2.37. The van der Waals surface area contributed by atoms with Crippen molar-refractivity contribution in [2.24, 2.45) is 5.73 Å². The molecule has 2 N–H and O–H groups in total.